The van der Waals surface area contributed by atoms with Gasteiger partial charge in [0.25, 0.3) is 0 Å². The molecule has 114 valence electrons. The van der Waals surface area contributed by atoms with E-state index in [1.807, 2.05) is 18.2 Å². The molecule has 0 saturated heterocycles. The number of fused-ring (bicyclic) bond motifs is 1. The van der Waals surface area contributed by atoms with Gasteiger partial charge in [0, 0.05) is 17.3 Å². The van der Waals surface area contributed by atoms with E-state index in [4.69, 9.17) is 15.4 Å². The molecule has 3 N–H and O–H groups in total. The van der Waals surface area contributed by atoms with Crippen LogP contribution in [0, 0.1) is 0 Å². The van der Waals surface area contributed by atoms with E-state index in [2.05, 4.69) is 21.2 Å². The highest BCUT2D eigenvalue weighted by molar-refractivity contribution is 6.04. The molecule has 0 spiro atoms. The van der Waals surface area contributed by atoms with E-state index in [1.54, 1.807) is 18.5 Å². The van der Waals surface area contributed by atoms with Crippen molar-refractivity contribution in [2.45, 2.75) is 12.8 Å². The van der Waals surface area contributed by atoms with Crippen molar-refractivity contribution in [3.05, 3.63) is 53.9 Å². The SMILES string of the molecule is Nc1nccc(-c2occc2-c2ccc3c(c2)CCC3=NO)n1. The highest BCUT2D eigenvalue weighted by atomic mass is 16.4. The van der Waals surface area contributed by atoms with Crippen LogP contribution in [0.3, 0.4) is 0 Å². The van der Waals surface area contributed by atoms with Gasteiger partial charge in [-0.25, -0.2) is 9.97 Å². The molecule has 1 aliphatic carbocycles. The average molecular weight is 306 g/mol. The van der Waals surface area contributed by atoms with Gasteiger partial charge in [-0.15, -0.1) is 0 Å². The topological polar surface area (TPSA) is 97.5 Å². The Balaban J connectivity index is 1.80. The smallest absolute Gasteiger partial charge is 0.220 e. The van der Waals surface area contributed by atoms with E-state index in [0.717, 1.165) is 35.2 Å². The zero-order valence-electron chi connectivity index (χ0n) is 12.2. The molecule has 0 saturated carbocycles. The molecule has 0 aliphatic heterocycles. The van der Waals surface area contributed by atoms with E-state index in [9.17, 15) is 0 Å². The third kappa shape index (κ3) is 2.24. The van der Waals surface area contributed by atoms with Gasteiger partial charge in [0.15, 0.2) is 5.76 Å². The van der Waals surface area contributed by atoms with Crippen LogP contribution in [0.1, 0.15) is 17.5 Å². The molecule has 1 aliphatic rings. The van der Waals surface area contributed by atoms with Crippen molar-refractivity contribution in [2.24, 2.45) is 5.16 Å². The molecule has 6 nitrogen and oxygen atoms in total. The largest absolute Gasteiger partial charge is 0.462 e. The van der Waals surface area contributed by atoms with E-state index in [0.29, 0.717) is 11.5 Å². The second-order valence-corrected chi connectivity index (χ2v) is 5.38. The molecule has 2 aromatic heterocycles. The molecule has 0 unspecified atom stereocenters. The summed E-state index contributed by atoms with van der Waals surface area (Å²) in [6.45, 7) is 0. The van der Waals surface area contributed by atoms with Crippen molar-refractivity contribution in [3.63, 3.8) is 0 Å². The summed E-state index contributed by atoms with van der Waals surface area (Å²) in [4.78, 5) is 8.13. The number of nitrogens with two attached hydrogens (primary N) is 1. The molecule has 4 rings (SSSR count). The summed E-state index contributed by atoms with van der Waals surface area (Å²) in [6.07, 6.45) is 4.87. The van der Waals surface area contributed by atoms with Crippen LogP contribution in [0.2, 0.25) is 0 Å². The molecule has 23 heavy (non-hydrogen) atoms. The van der Waals surface area contributed by atoms with Gasteiger partial charge in [-0.1, -0.05) is 23.4 Å². The van der Waals surface area contributed by atoms with Gasteiger partial charge in [0.1, 0.15) is 5.69 Å². The highest BCUT2D eigenvalue weighted by Crippen LogP contribution is 2.35. The third-order valence-corrected chi connectivity index (χ3v) is 4.05. The van der Waals surface area contributed by atoms with Crippen LogP contribution in [0.25, 0.3) is 22.6 Å². The maximum Gasteiger partial charge on any atom is 0.220 e. The van der Waals surface area contributed by atoms with E-state index < -0.39 is 0 Å². The van der Waals surface area contributed by atoms with Crippen LogP contribution in [0.4, 0.5) is 5.95 Å². The monoisotopic (exact) mass is 306 g/mol. The number of hydrogen-bond donors (Lipinski definition) is 2. The summed E-state index contributed by atoms with van der Waals surface area (Å²) in [6, 6.07) is 9.76. The second-order valence-electron chi connectivity index (χ2n) is 5.38. The van der Waals surface area contributed by atoms with E-state index >= 15 is 0 Å². The number of anilines is 1. The number of furan rings is 1. The Bertz CT molecular complexity index is 914. The first-order valence-corrected chi connectivity index (χ1v) is 7.27. The highest BCUT2D eigenvalue weighted by Gasteiger charge is 2.20. The Morgan fingerprint density at radius 1 is 1.13 bits per heavy atom. The molecule has 0 fully saturated rings. The molecule has 1 aromatic carbocycles. The van der Waals surface area contributed by atoms with Gasteiger partial charge in [0.05, 0.1) is 12.0 Å². The zero-order chi connectivity index (χ0) is 15.8. The van der Waals surface area contributed by atoms with Crippen LogP contribution in [0.5, 0.6) is 0 Å². The average Bonchev–Trinajstić information content (AvgIpc) is 3.21. The van der Waals surface area contributed by atoms with E-state index in [1.165, 1.54) is 5.56 Å². The minimum absolute atomic E-state index is 0.211. The fourth-order valence-electron chi connectivity index (χ4n) is 2.98. The number of rotatable bonds is 2. The van der Waals surface area contributed by atoms with Gasteiger partial charge < -0.3 is 15.4 Å². The maximum absolute atomic E-state index is 9.03. The Labute approximate surface area is 132 Å². The fourth-order valence-corrected chi connectivity index (χ4v) is 2.98. The minimum atomic E-state index is 0.211. The predicted molar refractivity (Wildman–Crippen MR) is 86.2 cm³/mol. The molecule has 2 heterocycles. The lowest BCUT2D eigenvalue weighted by Crippen LogP contribution is -1.95. The number of benzene rings is 1. The summed E-state index contributed by atoms with van der Waals surface area (Å²) in [7, 11) is 0. The van der Waals surface area contributed by atoms with Crippen LogP contribution < -0.4 is 5.73 Å². The summed E-state index contributed by atoms with van der Waals surface area (Å²) >= 11 is 0. The summed E-state index contributed by atoms with van der Waals surface area (Å²) < 4.78 is 5.61. The number of oxime groups is 1. The molecule has 0 radical (unpaired) electrons. The van der Waals surface area contributed by atoms with Gasteiger partial charge in [0.2, 0.25) is 5.95 Å². The van der Waals surface area contributed by atoms with Gasteiger partial charge in [-0.2, -0.15) is 0 Å². The maximum atomic E-state index is 9.03. The minimum Gasteiger partial charge on any atom is -0.462 e. The summed E-state index contributed by atoms with van der Waals surface area (Å²) in [5.41, 5.74) is 11.2. The second kappa shape index (κ2) is 5.24. The number of aryl methyl sites for hydroxylation is 1. The van der Waals surface area contributed by atoms with Crippen molar-refractivity contribution >= 4 is 11.7 Å². The van der Waals surface area contributed by atoms with Crippen LogP contribution in [-0.4, -0.2) is 20.9 Å². The molecular weight excluding hydrogens is 292 g/mol. The number of aromatic nitrogens is 2. The van der Waals surface area contributed by atoms with E-state index in [-0.39, 0.29) is 5.95 Å². The van der Waals surface area contributed by atoms with Crippen LogP contribution >= 0.6 is 0 Å². The van der Waals surface area contributed by atoms with Crippen LogP contribution in [-0.2, 0) is 6.42 Å². The lowest BCUT2D eigenvalue weighted by Gasteiger charge is -2.06. The number of hydrogen-bond acceptors (Lipinski definition) is 6. The van der Waals surface area contributed by atoms with Crippen LogP contribution in [0.15, 0.2) is 52.4 Å². The molecule has 3 aromatic rings. The predicted octanol–water partition coefficient (Wildman–Crippen LogP) is 3.11. The summed E-state index contributed by atoms with van der Waals surface area (Å²) in [5.74, 6) is 0.871. The summed E-state index contributed by atoms with van der Waals surface area (Å²) in [5, 5.41) is 12.4. The van der Waals surface area contributed by atoms with Gasteiger partial charge in [-0.3, -0.25) is 0 Å². The molecule has 0 amide bonds. The van der Waals surface area contributed by atoms with Gasteiger partial charge in [-0.05, 0) is 36.1 Å². The fraction of sp³-hybridized carbons (Fsp3) is 0.118. The Kier molecular flexibility index (Phi) is 3.08. The van der Waals surface area contributed by atoms with Crippen molar-refractivity contribution in [3.8, 4) is 22.6 Å². The van der Waals surface area contributed by atoms with Crippen molar-refractivity contribution in [1.82, 2.24) is 9.97 Å². The first-order valence-electron chi connectivity index (χ1n) is 7.27. The Morgan fingerprint density at radius 3 is 2.87 bits per heavy atom. The lowest BCUT2D eigenvalue weighted by atomic mass is 10.00. The van der Waals surface area contributed by atoms with Crippen molar-refractivity contribution < 1.29 is 9.62 Å². The quantitative estimate of drug-likeness (QED) is 0.560. The molecule has 0 bridgehead atoms. The Morgan fingerprint density at radius 2 is 2.04 bits per heavy atom. The third-order valence-electron chi connectivity index (χ3n) is 4.05. The van der Waals surface area contributed by atoms with Gasteiger partial charge >= 0.3 is 0 Å². The normalized spacial score (nSPS) is 15.0. The molecular formula is C17H14N4O2. The zero-order valence-corrected chi connectivity index (χ0v) is 12.2. The molecule has 0 atom stereocenters. The Hall–Kier alpha value is -3.15. The number of nitrogens with zero attached hydrogens (tertiary/aromatic N) is 3. The molecule has 6 heteroatoms. The number of nitrogen functional groups attached to an aromatic ring is 1. The standard InChI is InChI=1S/C17H14N4O2/c18-17-19-7-5-15(20-17)16-13(6-8-23-16)11-1-3-12-10(9-11)2-4-14(12)21-22/h1,3,5-9,22H,2,4H2,(H2,18,19,20). The first-order chi connectivity index (χ1) is 11.3. The van der Waals surface area contributed by atoms with Crippen molar-refractivity contribution in [1.29, 1.82) is 0 Å². The van der Waals surface area contributed by atoms with Crippen molar-refractivity contribution in [2.75, 3.05) is 5.73 Å². The first kappa shape index (κ1) is 13.5. The lowest BCUT2D eigenvalue weighted by molar-refractivity contribution is 0.318.